The van der Waals surface area contributed by atoms with E-state index in [4.69, 9.17) is 0 Å². The van der Waals surface area contributed by atoms with Crippen LogP contribution in [0.25, 0.3) is 20.9 Å². The van der Waals surface area contributed by atoms with Gasteiger partial charge in [-0.2, -0.15) is 0 Å². The molecule has 3 rings (SSSR count). The maximum absolute atomic E-state index is 11.7. The van der Waals surface area contributed by atoms with Gasteiger partial charge >= 0.3 is 0 Å². The lowest BCUT2D eigenvalue weighted by Crippen LogP contribution is -1.73. The summed E-state index contributed by atoms with van der Waals surface area (Å²) in [6, 6.07) is 7.91. The second-order valence-corrected chi connectivity index (χ2v) is 8.21. The van der Waals surface area contributed by atoms with Crippen molar-refractivity contribution >= 4 is 54.5 Å². The van der Waals surface area contributed by atoms with E-state index in [9.17, 15) is 4.79 Å². The van der Waals surface area contributed by atoms with Gasteiger partial charge in [0.25, 0.3) is 0 Å². The highest BCUT2D eigenvalue weighted by Crippen LogP contribution is 2.42. The minimum Gasteiger partial charge on any atom is -0.288 e. The van der Waals surface area contributed by atoms with E-state index < -0.39 is 0 Å². The molecule has 0 aliphatic heterocycles. The first-order valence-corrected chi connectivity index (χ1v) is 7.69. The molecule has 2 heterocycles. The van der Waals surface area contributed by atoms with Crippen molar-refractivity contribution in [3.8, 4) is 20.9 Å². The second-order valence-electron chi connectivity index (χ2n) is 3.29. The highest BCUT2D eigenvalue weighted by Gasteiger charge is 2.27. The molecule has 3 aromatic rings. The van der Waals surface area contributed by atoms with E-state index in [-0.39, 0.29) is 5.43 Å². The van der Waals surface area contributed by atoms with Crippen molar-refractivity contribution in [3.05, 3.63) is 42.1 Å². The number of halogens is 2. The summed E-state index contributed by atoms with van der Waals surface area (Å²) < 4.78 is 2.11. The maximum Gasteiger partial charge on any atom is 0.197 e. The summed E-state index contributed by atoms with van der Waals surface area (Å²) in [7, 11) is 0. The van der Waals surface area contributed by atoms with Crippen molar-refractivity contribution in [2.24, 2.45) is 0 Å². The third kappa shape index (κ3) is 1.76. The third-order valence-electron chi connectivity index (χ3n) is 2.28. The van der Waals surface area contributed by atoms with Crippen LogP contribution in [0.2, 0.25) is 0 Å². The Balaban J connectivity index is 2.04. The van der Waals surface area contributed by atoms with Crippen molar-refractivity contribution in [2.75, 3.05) is 0 Å². The van der Waals surface area contributed by atoms with Crippen LogP contribution in [-0.2, 0) is 0 Å². The van der Waals surface area contributed by atoms with Gasteiger partial charge < -0.3 is 0 Å². The summed E-state index contributed by atoms with van der Waals surface area (Å²) in [5, 5.41) is 0. The smallest absolute Gasteiger partial charge is 0.197 e. The fraction of sp³-hybridized carbons (Fsp3) is 0. The fourth-order valence-electron chi connectivity index (χ4n) is 1.54. The summed E-state index contributed by atoms with van der Waals surface area (Å²) in [4.78, 5) is 13.9. The van der Waals surface area contributed by atoms with Gasteiger partial charge in [0.15, 0.2) is 5.43 Å². The van der Waals surface area contributed by atoms with Crippen LogP contribution in [0.4, 0.5) is 0 Å². The van der Waals surface area contributed by atoms with Crippen LogP contribution >= 0.6 is 54.5 Å². The molecule has 0 radical (unpaired) electrons. The van der Waals surface area contributed by atoms with Gasteiger partial charge in [-0.25, -0.2) is 0 Å². The van der Waals surface area contributed by atoms with Crippen LogP contribution in [0.15, 0.2) is 36.6 Å². The van der Waals surface area contributed by atoms with E-state index in [2.05, 4.69) is 31.9 Å². The van der Waals surface area contributed by atoms with E-state index in [0.717, 1.165) is 28.5 Å². The quantitative estimate of drug-likeness (QED) is 0.622. The zero-order chi connectivity index (χ0) is 11.3. The topological polar surface area (TPSA) is 17.1 Å². The molecule has 2 aromatic heterocycles. The summed E-state index contributed by atoms with van der Waals surface area (Å²) in [5.41, 5.74) is 1.94. The first-order chi connectivity index (χ1) is 7.66. The number of thiophene rings is 2. The summed E-state index contributed by atoms with van der Waals surface area (Å²) >= 11 is 10.0. The van der Waals surface area contributed by atoms with E-state index in [0.29, 0.717) is 0 Å². The number of hydrogen-bond acceptors (Lipinski definition) is 3. The predicted octanol–water partition coefficient (Wildman–Crippen LogP) is 4.90. The molecule has 0 amide bonds. The molecule has 0 N–H and O–H groups in total. The summed E-state index contributed by atoms with van der Waals surface area (Å²) in [6.07, 6.45) is 0. The standard InChI is InChI=1S/C11H4Br2OS2/c12-7-3-1-5(15-7)9-10(11(9)14)6-2-4-8(13)16-6/h1-4H. The first-order valence-electron chi connectivity index (χ1n) is 4.47. The van der Waals surface area contributed by atoms with Crippen molar-refractivity contribution in [1.29, 1.82) is 0 Å². The lowest BCUT2D eigenvalue weighted by atomic mass is 10.3. The highest BCUT2D eigenvalue weighted by atomic mass is 79.9. The van der Waals surface area contributed by atoms with Crippen LogP contribution in [-0.4, -0.2) is 0 Å². The van der Waals surface area contributed by atoms with E-state index in [1.165, 1.54) is 0 Å². The Morgan fingerprint density at radius 3 is 1.56 bits per heavy atom. The molecule has 16 heavy (non-hydrogen) atoms. The maximum atomic E-state index is 11.7. The zero-order valence-corrected chi connectivity index (χ0v) is 12.6. The number of rotatable bonds is 2. The van der Waals surface area contributed by atoms with Gasteiger partial charge in [-0.15, -0.1) is 22.7 Å². The molecule has 1 nitrogen and oxygen atoms in total. The SMILES string of the molecule is O=c1c(-c2ccc(Br)s2)c1-c1ccc(Br)s1. The van der Waals surface area contributed by atoms with Crippen molar-refractivity contribution < 1.29 is 0 Å². The molecule has 1 aromatic carbocycles. The number of hydrogen-bond donors (Lipinski definition) is 0. The fourth-order valence-corrected chi connectivity index (χ4v) is 4.41. The lowest BCUT2D eigenvalue weighted by Gasteiger charge is -1.83. The molecule has 5 heteroatoms. The van der Waals surface area contributed by atoms with Gasteiger partial charge in [-0.3, -0.25) is 4.79 Å². The monoisotopic (exact) mass is 374 g/mol. The largest absolute Gasteiger partial charge is 0.288 e. The van der Waals surface area contributed by atoms with E-state index in [1.54, 1.807) is 22.7 Å². The molecular weight excluding hydrogens is 372 g/mol. The van der Waals surface area contributed by atoms with Gasteiger partial charge in [0.05, 0.1) is 18.7 Å². The lowest BCUT2D eigenvalue weighted by molar-refractivity contribution is 1.93. The molecule has 0 saturated heterocycles. The van der Waals surface area contributed by atoms with Gasteiger partial charge in [0.2, 0.25) is 0 Å². The third-order valence-corrected chi connectivity index (χ3v) is 5.56. The molecule has 0 saturated carbocycles. The average molecular weight is 376 g/mol. The normalized spacial score (nSPS) is 11.4. The Kier molecular flexibility index (Phi) is 2.66. The molecule has 0 bridgehead atoms. The van der Waals surface area contributed by atoms with Gasteiger partial charge in [0.1, 0.15) is 0 Å². The minimum absolute atomic E-state index is 0.184. The predicted molar refractivity (Wildman–Crippen MR) is 77.1 cm³/mol. The van der Waals surface area contributed by atoms with E-state index in [1.807, 2.05) is 24.3 Å². The van der Waals surface area contributed by atoms with Crippen LogP contribution in [0.5, 0.6) is 0 Å². The first kappa shape index (κ1) is 10.9. The van der Waals surface area contributed by atoms with Crippen LogP contribution in [0.1, 0.15) is 0 Å². The zero-order valence-electron chi connectivity index (χ0n) is 7.79. The summed E-state index contributed by atoms with van der Waals surface area (Å²) in [5.74, 6) is 0. The minimum atomic E-state index is 0.184. The van der Waals surface area contributed by atoms with Gasteiger partial charge in [0, 0.05) is 9.75 Å². The van der Waals surface area contributed by atoms with Crippen LogP contribution in [0.3, 0.4) is 0 Å². The Hall–Kier alpha value is -0.230. The van der Waals surface area contributed by atoms with Crippen molar-refractivity contribution in [3.63, 3.8) is 0 Å². The molecule has 80 valence electrons. The van der Waals surface area contributed by atoms with Crippen molar-refractivity contribution in [1.82, 2.24) is 0 Å². The molecular formula is C11H4Br2OS2. The molecule has 0 atom stereocenters. The second kappa shape index (κ2) is 3.91. The Bertz CT molecular complexity index is 615. The van der Waals surface area contributed by atoms with Crippen LogP contribution in [0, 0.1) is 0 Å². The molecule has 0 fully saturated rings. The van der Waals surface area contributed by atoms with E-state index >= 15 is 0 Å². The molecule has 0 aliphatic carbocycles. The Morgan fingerprint density at radius 2 is 1.25 bits per heavy atom. The summed E-state index contributed by atoms with van der Waals surface area (Å²) in [6.45, 7) is 0. The average Bonchev–Trinajstić information content (AvgIpc) is 2.65. The van der Waals surface area contributed by atoms with Gasteiger partial charge in [-0.05, 0) is 56.1 Å². The Labute approximate surface area is 117 Å². The molecule has 0 unspecified atom stereocenters. The van der Waals surface area contributed by atoms with Crippen LogP contribution < -0.4 is 5.43 Å². The molecule has 0 spiro atoms. The highest BCUT2D eigenvalue weighted by molar-refractivity contribution is 9.11. The Morgan fingerprint density at radius 1 is 0.812 bits per heavy atom. The van der Waals surface area contributed by atoms with Gasteiger partial charge in [-0.1, -0.05) is 0 Å². The molecule has 0 aliphatic rings. The van der Waals surface area contributed by atoms with Crippen molar-refractivity contribution in [2.45, 2.75) is 0 Å².